The maximum absolute atomic E-state index is 7.49. The minimum absolute atomic E-state index is 0.0298. The summed E-state index contributed by atoms with van der Waals surface area (Å²) in [4.78, 5) is 4.45. The van der Waals surface area contributed by atoms with Crippen LogP contribution in [0.25, 0.3) is 0 Å². The fourth-order valence-electron chi connectivity index (χ4n) is 2.65. The van der Waals surface area contributed by atoms with Crippen LogP contribution in [0.15, 0.2) is 42.5 Å². The number of nitrogen functional groups attached to an aromatic ring is 1. The molecule has 0 saturated carbocycles. The van der Waals surface area contributed by atoms with Crippen molar-refractivity contribution in [2.24, 2.45) is 5.73 Å². The van der Waals surface area contributed by atoms with E-state index in [1.165, 1.54) is 5.69 Å². The highest BCUT2D eigenvalue weighted by Gasteiger charge is 2.22. The second-order valence-corrected chi connectivity index (χ2v) is 5.55. The second kappa shape index (κ2) is 5.30. The minimum atomic E-state index is 0.0298. The molecular formula is C16H17ClN4. The van der Waals surface area contributed by atoms with Crippen molar-refractivity contribution in [3.05, 3.63) is 53.1 Å². The Hall–Kier alpha value is -2.20. The number of rotatable bonds is 2. The number of fused-ring (bicyclic) bond motifs is 1. The zero-order valence-corrected chi connectivity index (χ0v) is 12.6. The van der Waals surface area contributed by atoms with Gasteiger partial charge in [-0.25, -0.2) is 0 Å². The molecular weight excluding hydrogens is 284 g/mol. The molecule has 4 nitrogen and oxygen atoms in total. The zero-order valence-electron chi connectivity index (χ0n) is 11.8. The first kappa shape index (κ1) is 13.8. The fourth-order valence-corrected chi connectivity index (χ4v) is 2.93. The van der Waals surface area contributed by atoms with E-state index in [0.29, 0.717) is 10.6 Å². The number of nitrogens with one attached hydrogen (secondary N) is 1. The third kappa shape index (κ3) is 2.43. The van der Waals surface area contributed by atoms with E-state index >= 15 is 0 Å². The van der Waals surface area contributed by atoms with E-state index in [1.807, 2.05) is 24.3 Å². The quantitative estimate of drug-likeness (QED) is 0.661. The molecule has 0 unspecified atom stereocenters. The third-order valence-corrected chi connectivity index (χ3v) is 4.10. The summed E-state index contributed by atoms with van der Waals surface area (Å²) in [7, 11) is 2.09. The molecule has 1 aliphatic heterocycles. The number of anilines is 3. The average Bonchev–Trinajstić information content (AvgIpc) is 2.48. The normalized spacial score (nSPS) is 14.0. The van der Waals surface area contributed by atoms with Gasteiger partial charge in [0.15, 0.2) is 0 Å². The Kier molecular flexibility index (Phi) is 3.47. The summed E-state index contributed by atoms with van der Waals surface area (Å²) in [6.45, 7) is 1.80. The van der Waals surface area contributed by atoms with Gasteiger partial charge in [0.05, 0.1) is 22.1 Å². The number of hydrogen-bond acceptors (Lipinski definition) is 3. The van der Waals surface area contributed by atoms with Gasteiger partial charge < -0.3 is 15.5 Å². The van der Waals surface area contributed by atoms with Gasteiger partial charge in [-0.2, -0.15) is 0 Å². The number of nitrogens with zero attached hydrogens (tertiary/aromatic N) is 2. The number of likely N-dealkylation sites (N-methyl/N-ethyl adjacent to an activating group) is 1. The second-order valence-electron chi connectivity index (χ2n) is 5.14. The van der Waals surface area contributed by atoms with Gasteiger partial charge in [-0.05, 0) is 30.3 Å². The van der Waals surface area contributed by atoms with Crippen molar-refractivity contribution >= 4 is 34.5 Å². The first-order chi connectivity index (χ1) is 10.1. The van der Waals surface area contributed by atoms with Crippen LogP contribution in [0.4, 0.5) is 17.1 Å². The highest BCUT2D eigenvalue weighted by atomic mass is 35.5. The lowest BCUT2D eigenvalue weighted by atomic mass is 10.1. The summed E-state index contributed by atoms with van der Waals surface area (Å²) < 4.78 is 0. The van der Waals surface area contributed by atoms with Gasteiger partial charge in [0.1, 0.15) is 5.84 Å². The molecule has 0 saturated heterocycles. The zero-order chi connectivity index (χ0) is 15.0. The van der Waals surface area contributed by atoms with Crippen LogP contribution in [-0.2, 0) is 0 Å². The number of nitrogens with two attached hydrogens (primary N) is 1. The highest BCUT2D eigenvalue weighted by molar-refractivity contribution is 6.33. The van der Waals surface area contributed by atoms with Crippen LogP contribution in [0.3, 0.4) is 0 Å². The molecule has 2 aromatic carbocycles. The van der Waals surface area contributed by atoms with E-state index in [9.17, 15) is 0 Å². The first-order valence-corrected chi connectivity index (χ1v) is 7.17. The number of amidine groups is 1. The number of benzene rings is 2. The van der Waals surface area contributed by atoms with Crippen LogP contribution in [0.5, 0.6) is 0 Å². The van der Waals surface area contributed by atoms with E-state index in [4.69, 9.17) is 22.7 Å². The van der Waals surface area contributed by atoms with Crippen LogP contribution in [-0.4, -0.2) is 26.0 Å². The third-order valence-electron chi connectivity index (χ3n) is 3.79. The van der Waals surface area contributed by atoms with Crippen molar-refractivity contribution in [2.45, 2.75) is 0 Å². The number of para-hydroxylation sites is 2. The van der Waals surface area contributed by atoms with Crippen LogP contribution in [0.1, 0.15) is 5.56 Å². The van der Waals surface area contributed by atoms with Gasteiger partial charge in [0, 0.05) is 25.7 Å². The Morgan fingerprint density at radius 2 is 1.81 bits per heavy atom. The topological polar surface area (TPSA) is 56.4 Å². The van der Waals surface area contributed by atoms with Crippen LogP contribution < -0.4 is 15.5 Å². The van der Waals surface area contributed by atoms with Crippen molar-refractivity contribution < 1.29 is 0 Å². The lowest BCUT2D eigenvalue weighted by Gasteiger charge is -2.37. The van der Waals surface area contributed by atoms with E-state index in [1.54, 1.807) is 6.07 Å². The van der Waals surface area contributed by atoms with Crippen LogP contribution in [0, 0.1) is 5.41 Å². The number of hydrogen-bond donors (Lipinski definition) is 2. The summed E-state index contributed by atoms with van der Waals surface area (Å²) in [5, 5.41) is 8.10. The Labute approximate surface area is 129 Å². The summed E-state index contributed by atoms with van der Waals surface area (Å²) >= 11 is 6.40. The fraction of sp³-hybridized carbons (Fsp3) is 0.188. The maximum Gasteiger partial charge on any atom is 0.122 e. The summed E-state index contributed by atoms with van der Waals surface area (Å²) in [6, 6.07) is 13.8. The lowest BCUT2D eigenvalue weighted by Crippen LogP contribution is -2.36. The molecule has 0 bridgehead atoms. The van der Waals surface area contributed by atoms with E-state index in [2.05, 4.69) is 29.0 Å². The molecule has 0 spiro atoms. The van der Waals surface area contributed by atoms with Gasteiger partial charge in [0.25, 0.3) is 0 Å². The van der Waals surface area contributed by atoms with Gasteiger partial charge in [-0.3, -0.25) is 5.41 Å². The van der Waals surface area contributed by atoms with Crippen molar-refractivity contribution in [1.29, 1.82) is 5.41 Å². The molecule has 0 fully saturated rings. The average molecular weight is 301 g/mol. The molecule has 1 aliphatic rings. The van der Waals surface area contributed by atoms with E-state index in [0.717, 1.165) is 24.5 Å². The lowest BCUT2D eigenvalue weighted by molar-refractivity contribution is 0.822. The van der Waals surface area contributed by atoms with Gasteiger partial charge in [-0.1, -0.05) is 23.7 Å². The van der Waals surface area contributed by atoms with Crippen LogP contribution >= 0.6 is 11.6 Å². The standard InChI is InChI=1S/C16H17ClN4/c1-20-8-9-21(15-5-3-2-4-14(15)20)13-7-6-11(16(18)19)10-12(13)17/h2-7,10H,8-9H2,1H3,(H3,18,19). The summed E-state index contributed by atoms with van der Waals surface area (Å²) in [6.07, 6.45) is 0. The predicted molar refractivity (Wildman–Crippen MR) is 89.2 cm³/mol. The molecule has 0 aliphatic carbocycles. The van der Waals surface area contributed by atoms with E-state index < -0.39 is 0 Å². The smallest absolute Gasteiger partial charge is 0.122 e. The first-order valence-electron chi connectivity index (χ1n) is 6.79. The largest absolute Gasteiger partial charge is 0.384 e. The highest BCUT2D eigenvalue weighted by Crippen LogP contribution is 2.39. The van der Waals surface area contributed by atoms with Crippen molar-refractivity contribution in [1.82, 2.24) is 0 Å². The van der Waals surface area contributed by atoms with Crippen molar-refractivity contribution in [3.8, 4) is 0 Å². The molecule has 0 amide bonds. The molecule has 1 heterocycles. The van der Waals surface area contributed by atoms with Crippen molar-refractivity contribution in [2.75, 3.05) is 29.9 Å². The summed E-state index contributed by atoms with van der Waals surface area (Å²) in [5.41, 5.74) is 9.43. The molecule has 0 aromatic heterocycles. The number of halogens is 1. The Morgan fingerprint density at radius 1 is 1.10 bits per heavy atom. The Balaban J connectivity index is 2.06. The van der Waals surface area contributed by atoms with Gasteiger partial charge in [-0.15, -0.1) is 0 Å². The summed E-state index contributed by atoms with van der Waals surface area (Å²) in [5.74, 6) is 0.0298. The predicted octanol–water partition coefficient (Wildman–Crippen LogP) is 3.21. The maximum atomic E-state index is 7.49. The van der Waals surface area contributed by atoms with Gasteiger partial charge >= 0.3 is 0 Å². The van der Waals surface area contributed by atoms with Crippen molar-refractivity contribution in [3.63, 3.8) is 0 Å². The molecule has 3 rings (SSSR count). The minimum Gasteiger partial charge on any atom is -0.384 e. The Morgan fingerprint density at radius 3 is 2.48 bits per heavy atom. The molecule has 0 atom stereocenters. The monoisotopic (exact) mass is 300 g/mol. The molecule has 5 heteroatoms. The molecule has 2 aromatic rings. The van der Waals surface area contributed by atoms with Crippen LogP contribution in [0.2, 0.25) is 5.02 Å². The molecule has 3 N–H and O–H groups in total. The SMILES string of the molecule is CN1CCN(c2ccc(C(=N)N)cc2Cl)c2ccccc21. The molecule has 21 heavy (non-hydrogen) atoms. The molecule has 0 radical (unpaired) electrons. The van der Waals surface area contributed by atoms with E-state index in [-0.39, 0.29) is 5.84 Å². The van der Waals surface area contributed by atoms with Gasteiger partial charge in [0.2, 0.25) is 0 Å². The Bertz CT molecular complexity index is 698. The molecule has 108 valence electrons.